The first-order valence-electron chi connectivity index (χ1n) is 3.13. The van der Waals surface area contributed by atoms with Crippen LogP contribution >= 0.6 is 0 Å². The smallest absolute Gasteiger partial charge is 0.0960 e. The zero-order chi connectivity index (χ0) is 7.98. The lowest BCUT2D eigenvalue weighted by molar-refractivity contribution is 0.0717. The molecule has 0 spiro atoms. The number of nitrogens with zero attached hydrogens (tertiary/aromatic N) is 1. The Labute approximate surface area is 60.5 Å². The quantitative estimate of drug-likeness (QED) is 0.353. The van der Waals surface area contributed by atoms with Crippen LogP contribution in [0.3, 0.4) is 0 Å². The molecule has 0 radical (unpaired) electrons. The van der Waals surface area contributed by atoms with E-state index >= 15 is 0 Å². The summed E-state index contributed by atoms with van der Waals surface area (Å²) in [4.78, 5) is 0. The van der Waals surface area contributed by atoms with Crippen LogP contribution < -0.4 is 5.84 Å². The first-order valence-corrected chi connectivity index (χ1v) is 3.13. The lowest BCUT2D eigenvalue weighted by Crippen LogP contribution is -2.35. The molecule has 0 aromatic heterocycles. The van der Waals surface area contributed by atoms with E-state index in [4.69, 9.17) is 16.1 Å². The molecule has 0 fully saturated rings. The second-order valence-corrected chi connectivity index (χ2v) is 2.02. The number of aliphatic hydroxyl groups is 2. The maximum Gasteiger partial charge on any atom is 0.0960 e. The van der Waals surface area contributed by atoms with Crippen molar-refractivity contribution in [3.63, 3.8) is 0 Å². The maximum atomic E-state index is 8.85. The molecule has 0 aliphatic heterocycles. The van der Waals surface area contributed by atoms with E-state index in [1.165, 1.54) is 5.01 Å². The van der Waals surface area contributed by atoms with Crippen molar-refractivity contribution in [1.29, 1.82) is 0 Å². The van der Waals surface area contributed by atoms with Gasteiger partial charge in [-0.25, -0.2) is 5.84 Å². The normalized spacial score (nSPS) is 14.0. The monoisotopic (exact) mass is 146 g/mol. The molecule has 1 atom stereocenters. The molecule has 0 rings (SSSR count). The highest BCUT2D eigenvalue weighted by atomic mass is 16.3. The molecule has 0 saturated carbocycles. The number of aliphatic hydroxyl groups excluding tert-OH is 2. The molecule has 0 aromatic carbocycles. The van der Waals surface area contributed by atoms with E-state index in [2.05, 4.69) is 0 Å². The highest BCUT2D eigenvalue weighted by Crippen LogP contribution is 1.85. The van der Waals surface area contributed by atoms with Gasteiger partial charge in [0.15, 0.2) is 0 Å². The number of hydrogen-bond donors (Lipinski definition) is 3. The molecule has 1 unspecified atom stereocenters. The predicted molar refractivity (Wildman–Crippen MR) is 38.8 cm³/mol. The lowest BCUT2D eigenvalue weighted by atomic mass is 10.4. The van der Waals surface area contributed by atoms with E-state index in [9.17, 15) is 0 Å². The predicted octanol–water partition coefficient (Wildman–Crippen LogP) is -0.951. The van der Waals surface area contributed by atoms with Crippen molar-refractivity contribution in [2.75, 3.05) is 13.2 Å². The minimum Gasteiger partial charge on any atom is -0.394 e. The summed E-state index contributed by atoms with van der Waals surface area (Å²) in [6.07, 6.45) is 2.62. The first kappa shape index (κ1) is 9.42. The Morgan fingerprint density at radius 1 is 1.70 bits per heavy atom. The van der Waals surface area contributed by atoms with Crippen LogP contribution in [-0.2, 0) is 0 Å². The molecule has 0 heterocycles. The van der Waals surface area contributed by atoms with Crippen molar-refractivity contribution >= 4 is 0 Å². The van der Waals surface area contributed by atoms with Gasteiger partial charge in [-0.1, -0.05) is 6.08 Å². The van der Waals surface area contributed by atoms with E-state index in [1.54, 1.807) is 12.3 Å². The Hall–Kier alpha value is -0.580. The summed E-state index contributed by atoms with van der Waals surface area (Å²) in [5.41, 5.74) is 0. The van der Waals surface area contributed by atoms with Gasteiger partial charge in [0.1, 0.15) is 0 Å². The zero-order valence-corrected chi connectivity index (χ0v) is 6.07. The van der Waals surface area contributed by atoms with E-state index in [-0.39, 0.29) is 13.2 Å². The molecular formula is C6H14N2O2. The summed E-state index contributed by atoms with van der Waals surface area (Å²) in [5.74, 6) is 5.34. The van der Waals surface area contributed by atoms with E-state index in [1.807, 2.05) is 6.92 Å². The van der Waals surface area contributed by atoms with Gasteiger partial charge < -0.3 is 15.2 Å². The molecule has 4 nitrogen and oxygen atoms in total. The average molecular weight is 146 g/mol. The van der Waals surface area contributed by atoms with Crippen LogP contribution in [0, 0.1) is 0 Å². The highest BCUT2D eigenvalue weighted by molar-refractivity contribution is 4.75. The van der Waals surface area contributed by atoms with Gasteiger partial charge >= 0.3 is 0 Å². The van der Waals surface area contributed by atoms with Gasteiger partial charge in [-0.05, 0) is 6.92 Å². The van der Waals surface area contributed by atoms with Crippen molar-refractivity contribution in [3.8, 4) is 0 Å². The molecule has 10 heavy (non-hydrogen) atoms. The molecular weight excluding hydrogens is 132 g/mol. The number of hydrazine groups is 1. The molecule has 0 bridgehead atoms. The second kappa shape index (κ2) is 5.22. The number of rotatable bonds is 4. The van der Waals surface area contributed by atoms with Crippen LogP contribution in [0.1, 0.15) is 6.92 Å². The largest absolute Gasteiger partial charge is 0.394 e. The van der Waals surface area contributed by atoms with Gasteiger partial charge in [0.25, 0.3) is 0 Å². The molecule has 0 saturated heterocycles. The van der Waals surface area contributed by atoms with Crippen LogP contribution in [0.5, 0.6) is 0 Å². The molecule has 4 heteroatoms. The van der Waals surface area contributed by atoms with Crippen molar-refractivity contribution in [1.82, 2.24) is 5.01 Å². The first-order chi connectivity index (χ1) is 4.70. The fourth-order valence-electron chi connectivity index (χ4n) is 0.553. The van der Waals surface area contributed by atoms with Crippen LogP contribution in [0.15, 0.2) is 12.3 Å². The summed E-state index contributed by atoms with van der Waals surface area (Å²) in [5, 5.41) is 18.6. The molecule has 0 aliphatic carbocycles. The minimum absolute atomic E-state index is 0.251. The number of nitrogens with two attached hydrogens (primary N) is 1. The van der Waals surface area contributed by atoms with Crippen LogP contribution in [-0.4, -0.2) is 34.5 Å². The Morgan fingerprint density at radius 3 is 2.70 bits per heavy atom. The van der Waals surface area contributed by atoms with Crippen molar-refractivity contribution < 1.29 is 10.2 Å². The molecule has 4 N–H and O–H groups in total. The van der Waals surface area contributed by atoms with E-state index in [0.717, 1.165) is 0 Å². The lowest BCUT2D eigenvalue weighted by Gasteiger charge is -2.15. The SMILES string of the molecule is C/C=C/N(N)CC(O)CO. The Kier molecular flexibility index (Phi) is 4.92. The number of hydrogen-bond acceptors (Lipinski definition) is 4. The third-order valence-corrected chi connectivity index (χ3v) is 0.973. The minimum atomic E-state index is -0.763. The second-order valence-electron chi connectivity index (χ2n) is 2.02. The van der Waals surface area contributed by atoms with Gasteiger partial charge in [-0.3, -0.25) is 0 Å². The fraction of sp³-hybridized carbons (Fsp3) is 0.667. The third-order valence-electron chi connectivity index (χ3n) is 0.973. The van der Waals surface area contributed by atoms with Gasteiger partial charge in [-0.15, -0.1) is 0 Å². The van der Waals surface area contributed by atoms with E-state index < -0.39 is 6.10 Å². The standard InChI is InChI=1S/C6H14N2O2/c1-2-3-8(7)4-6(10)5-9/h2-3,6,9-10H,4-5,7H2,1H3/b3-2+. The van der Waals surface area contributed by atoms with Gasteiger partial charge in [-0.2, -0.15) is 0 Å². The summed E-state index contributed by atoms with van der Waals surface area (Å²) < 4.78 is 0. The van der Waals surface area contributed by atoms with Gasteiger partial charge in [0.05, 0.1) is 19.3 Å². The van der Waals surface area contributed by atoms with Crippen LogP contribution in [0.4, 0.5) is 0 Å². The highest BCUT2D eigenvalue weighted by Gasteiger charge is 2.02. The average Bonchev–Trinajstić information content (AvgIpc) is 1.88. The zero-order valence-electron chi connectivity index (χ0n) is 6.07. The maximum absolute atomic E-state index is 8.85. The van der Waals surface area contributed by atoms with Gasteiger partial charge in [0.2, 0.25) is 0 Å². The molecule has 60 valence electrons. The van der Waals surface area contributed by atoms with Crippen LogP contribution in [0.2, 0.25) is 0 Å². The fourth-order valence-corrected chi connectivity index (χ4v) is 0.553. The third kappa shape index (κ3) is 4.31. The summed E-state index contributed by atoms with van der Waals surface area (Å²) >= 11 is 0. The summed E-state index contributed by atoms with van der Waals surface area (Å²) in [7, 11) is 0. The molecule has 0 amide bonds. The van der Waals surface area contributed by atoms with Crippen LogP contribution in [0.25, 0.3) is 0 Å². The topological polar surface area (TPSA) is 69.7 Å². The van der Waals surface area contributed by atoms with Crippen molar-refractivity contribution in [3.05, 3.63) is 12.3 Å². The summed E-state index contributed by atoms with van der Waals surface area (Å²) in [6.45, 7) is 1.82. The summed E-state index contributed by atoms with van der Waals surface area (Å²) in [6, 6.07) is 0. The molecule has 0 aromatic rings. The number of allylic oxidation sites excluding steroid dienone is 1. The van der Waals surface area contributed by atoms with Crippen molar-refractivity contribution in [2.24, 2.45) is 5.84 Å². The van der Waals surface area contributed by atoms with E-state index in [0.29, 0.717) is 0 Å². The van der Waals surface area contributed by atoms with Gasteiger partial charge in [0, 0.05) is 6.20 Å². The Bertz CT molecular complexity index is 106. The molecule has 0 aliphatic rings. The van der Waals surface area contributed by atoms with Crippen molar-refractivity contribution in [2.45, 2.75) is 13.0 Å². The Morgan fingerprint density at radius 2 is 2.30 bits per heavy atom. The Balaban J connectivity index is 3.46.